The van der Waals surface area contributed by atoms with Gasteiger partial charge in [-0.2, -0.15) is 0 Å². The number of unbranched alkanes of at least 4 members (excludes halogenated alkanes) is 34. The Balaban J connectivity index is 5.17. The largest absolute Gasteiger partial charge is 0.472 e. The average molecular weight is 1280 g/mol. The second kappa shape index (κ2) is 59.1. The minimum absolute atomic E-state index is 0.101. The Morgan fingerprint density at radius 3 is 0.782 bits per heavy atom. The molecule has 0 fully saturated rings. The Hall–Kier alpha value is -1.94. The Bertz CT molecular complexity index is 1720. The van der Waals surface area contributed by atoms with Crippen molar-refractivity contribution in [1.82, 2.24) is 0 Å². The summed E-state index contributed by atoms with van der Waals surface area (Å²) in [5.74, 6) is 0.0220. The molecule has 0 saturated heterocycles. The standard InChI is InChI=1S/C68H132O17P2/c1-8-9-10-11-12-13-23-26-35-42-49-65(70)78-55-63(84-67(72)51-44-37-27-24-21-19-17-15-14-16-18-20-22-25-32-39-46-59(2)3)57-82-86(74,75)80-53-62(69)54-81-87(76,77)83-58-64(85-68(73)52-45-38-31-29-34-41-48-61(6)7)56-79-66(71)50-43-36-30-28-33-40-47-60(4)5/h59-64,69H,8-58H2,1-7H3,(H,74,75)(H,76,77)/t62-,63-,64-/m1/s1. The molecule has 0 rings (SSSR count). The lowest BCUT2D eigenvalue weighted by Crippen LogP contribution is -2.30. The SMILES string of the molecule is CCCCCCCCCCCCC(=O)OC[C@H](COP(=O)(O)OC[C@@H](O)COP(=O)(O)OC[C@@H](COC(=O)CCCCCCCCC(C)C)OC(=O)CCCCCCCCC(C)C)OC(=O)CCCCCCCCCCCCCCCCCCC(C)C. The summed E-state index contributed by atoms with van der Waals surface area (Å²) in [6, 6.07) is 0. The smallest absolute Gasteiger partial charge is 0.462 e. The molecule has 19 heteroatoms. The van der Waals surface area contributed by atoms with Crippen LogP contribution in [0.15, 0.2) is 0 Å². The first-order chi connectivity index (χ1) is 41.7. The van der Waals surface area contributed by atoms with Crippen molar-refractivity contribution in [1.29, 1.82) is 0 Å². The van der Waals surface area contributed by atoms with Gasteiger partial charge in [0, 0.05) is 25.7 Å². The van der Waals surface area contributed by atoms with E-state index in [0.717, 1.165) is 102 Å². The molecule has 0 bridgehead atoms. The van der Waals surface area contributed by atoms with Crippen molar-refractivity contribution < 1.29 is 80.2 Å². The Morgan fingerprint density at radius 1 is 0.310 bits per heavy atom. The third-order valence-electron chi connectivity index (χ3n) is 15.6. The van der Waals surface area contributed by atoms with Crippen LogP contribution in [0.3, 0.4) is 0 Å². The van der Waals surface area contributed by atoms with E-state index in [9.17, 15) is 43.2 Å². The molecule has 3 N–H and O–H groups in total. The van der Waals surface area contributed by atoms with Gasteiger partial charge in [0.15, 0.2) is 12.2 Å². The second-order valence-electron chi connectivity index (χ2n) is 26.0. The maximum absolute atomic E-state index is 13.0. The van der Waals surface area contributed by atoms with Crippen LogP contribution >= 0.6 is 15.6 Å². The Kier molecular flexibility index (Phi) is 57.8. The van der Waals surface area contributed by atoms with Crippen molar-refractivity contribution in [3.05, 3.63) is 0 Å². The molecule has 0 radical (unpaired) electrons. The van der Waals surface area contributed by atoms with Crippen molar-refractivity contribution in [3.8, 4) is 0 Å². The van der Waals surface area contributed by atoms with Gasteiger partial charge in [-0.3, -0.25) is 37.3 Å². The third-order valence-corrected chi connectivity index (χ3v) is 17.5. The molecule has 0 aromatic carbocycles. The monoisotopic (exact) mass is 1280 g/mol. The highest BCUT2D eigenvalue weighted by molar-refractivity contribution is 7.47. The topological polar surface area (TPSA) is 237 Å². The summed E-state index contributed by atoms with van der Waals surface area (Å²) in [6.45, 7) is 11.7. The van der Waals surface area contributed by atoms with E-state index in [1.54, 1.807) is 0 Å². The molecule has 0 aromatic heterocycles. The van der Waals surface area contributed by atoms with Crippen molar-refractivity contribution in [3.63, 3.8) is 0 Å². The van der Waals surface area contributed by atoms with E-state index in [-0.39, 0.29) is 25.7 Å². The first-order valence-electron chi connectivity index (χ1n) is 35.3. The molecule has 0 aliphatic carbocycles. The summed E-state index contributed by atoms with van der Waals surface area (Å²) in [5.41, 5.74) is 0. The maximum Gasteiger partial charge on any atom is 0.472 e. The number of ether oxygens (including phenoxy) is 4. The van der Waals surface area contributed by atoms with Crippen LogP contribution in [0.1, 0.15) is 337 Å². The fourth-order valence-corrected chi connectivity index (χ4v) is 11.8. The molecule has 516 valence electrons. The molecule has 2 unspecified atom stereocenters. The number of phosphoric acid groups is 2. The van der Waals surface area contributed by atoms with Crippen molar-refractivity contribution >= 4 is 39.5 Å². The van der Waals surface area contributed by atoms with E-state index in [1.165, 1.54) is 141 Å². The summed E-state index contributed by atoms with van der Waals surface area (Å²) in [5, 5.41) is 10.5. The van der Waals surface area contributed by atoms with Crippen LogP contribution < -0.4 is 0 Å². The van der Waals surface area contributed by atoms with Gasteiger partial charge in [-0.15, -0.1) is 0 Å². The molecule has 0 aromatic rings. The van der Waals surface area contributed by atoms with E-state index < -0.39 is 97.5 Å². The first kappa shape index (κ1) is 85.1. The fourth-order valence-electron chi connectivity index (χ4n) is 10.2. The minimum atomic E-state index is -4.95. The van der Waals surface area contributed by atoms with Crippen LogP contribution in [-0.2, 0) is 65.4 Å². The molecule has 0 spiro atoms. The number of aliphatic hydroxyl groups is 1. The molecule has 87 heavy (non-hydrogen) atoms. The zero-order valence-corrected chi connectivity index (χ0v) is 58.3. The van der Waals surface area contributed by atoms with Gasteiger partial charge < -0.3 is 33.8 Å². The Morgan fingerprint density at radius 2 is 0.529 bits per heavy atom. The number of carbonyl (C=O) groups is 4. The molecule has 17 nitrogen and oxygen atoms in total. The van der Waals surface area contributed by atoms with E-state index in [1.807, 2.05) is 0 Å². The fraction of sp³-hybridized carbons (Fsp3) is 0.941. The predicted molar refractivity (Wildman–Crippen MR) is 349 cm³/mol. The third kappa shape index (κ3) is 62.6. The average Bonchev–Trinajstić information content (AvgIpc) is 3.48. The summed E-state index contributed by atoms with van der Waals surface area (Å²) < 4.78 is 68.1. The highest BCUT2D eigenvalue weighted by atomic mass is 31.2. The highest BCUT2D eigenvalue weighted by Gasteiger charge is 2.30. The molecule has 0 aliphatic rings. The van der Waals surface area contributed by atoms with Gasteiger partial charge in [0.05, 0.1) is 26.4 Å². The maximum atomic E-state index is 13.0. The van der Waals surface area contributed by atoms with Crippen LogP contribution in [0, 0.1) is 17.8 Å². The van der Waals surface area contributed by atoms with Gasteiger partial charge in [-0.05, 0) is 43.4 Å². The number of carbonyl (C=O) groups excluding carboxylic acids is 4. The molecule has 0 aliphatic heterocycles. The summed E-state index contributed by atoms with van der Waals surface area (Å²) in [7, 11) is -9.89. The normalized spacial score (nSPS) is 14.3. The van der Waals surface area contributed by atoms with Crippen molar-refractivity contribution in [2.75, 3.05) is 39.6 Å². The zero-order chi connectivity index (χ0) is 64.5. The van der Waals surface area contributed by atoms with Gasteiger partial charge in [-0.25, -0.2) is 9.13 Å². The molecule has 0 saturated carbocycles. The van der Waals surface area contributed by atoms with E-state index in [0.29, 0.717) is 37.5 Å². The van der Waals surface area contributed by atoms with Gasteiger partial charge in [0.2, 0.25) is 0 Å². The van der Waals surface area contributed by atoms with Crippen LogP contribution in [0.25, 0.3) is 0 Å². The Labute approximate surface area is 530 Å². The van der Waals surface area contributed by atoms with Crippen LogP contribution in [0.5, 0.6) is 0 Å². The van der Waals surface area contributed by atoms with Gasteiger partial charge in [-0.1, -0.05) is 286 Å². The van der Waals surface area contributed by atoms with E-state index >= 15 is 0 Å². The quantitative estimate of drug-likeness (QED) is 0.0222. The van der Waals surface area contributed by atoms with E-state index in [2.05, 4.69) is 48.5 Å². The highest BCUT2D eigenvalue weighted by Crippen LogP contribution is 2.45. The van der Waals surface area contributed by atoms with Crippen LogP contribution in [0.2, 0.25) is 0 Å². The lowest BCUT2D eigenvalue weighted by Gasteiger charge is -2.21. The zero-order valence-electron chi connectivity index (χ0n) is 56.5. The van der Waals surface area contributed by atoms with Crippen molar-refractivity contribution in [2.45, 2.75) is 356 Å². The van der Waals surface area contributed by atoms with Crippen molar-refractivity contribution in [2.24, 2.45) is 17.8 Å². The molecule has 5 atom stereocenters. The van der Waals surface area contributed by atoms with Gasteiger partial charge in [0.25, 0.3) is 0 Å². The van der Waals surface area contributed by atoms with E-state index in [4.69, 9.17) is 37.0 Å². The second-order valence-corrected chi connectivity index (χ2v) is 28.9. The summed E-state index contributed by atoms with van der Waals surface area (Å²) in [4.78, 5) is 72.3. The lowest BCUT2D eigenvalue weighted by molar-refractivity contribution is -0.161. The number of hydrogen-bond acceptors (Lipinski definition) is 15. The van der Waals surface area contributed by atoms with Gasteiger partial charge in [0.1, 0.15) is 19.3 Å². The summed E-state index contributed by atoms with van der Waals surface area (Å²) >= 11 is 0. The molecule has 0 amide bonds. The van der Waals surface area contributed by atoms with Crippen LogP contribution in [-0.4, -0.2) is 96.7 Å². The number of hydrogen-bond donors (Lipinski definition) is 3. The predicted octanol–water partition coefficient (Wildman–Crippen LogP) is 19.1. The minimum Gasteiger partial charge on any atom is -0.462 e. The van der Waals surface area contributed by atoms with Crippen LogP contribution in [0.4, 0.5) is 0 Å². The molecule has 0 heterocycles. The summed E-state index contributed by atoms with van der Waals surface area (Å²) in [6.07, 6.45) is 42.1. The number of phosphoric ester groups is 2. The molecular formula is C68H132O17P2. The van der Waals surface area contributed by atoms with Gasteiger partial charge >= 0.3 is 39.5 Å². The first-order valence-corrected chi connectivity index (χ1v) is 38.3. The molecular weight excluding hydrogens is 1150 g/mol. The number of esters is 4. The number of rotatable bonds is 66. The number of aliphatic hydroxyl groups excluding tert-OH is 1. The lowest BCUT2D eigenvalue weighted by atomic mass is 10.0.